The number of hydrogen-bond donors (Lipinski definition) is 2. The minimum Gasteiger partial charge on any atom is -0.292 e. The summed E-state index contributed by atoms with van der Waals surface area (Å²) < 4.78 is 0.771. The van der Waals surface area contributed by atoms with Gasteiger partial charge in [-0.05, 0) is 35.0 Å². The molecule has 2 fully saturated rings. The molecule has 14 heteroatoms. The molecule has 2 saturated heterocycles. The van der Waals surface area contributed by atoms with E-state index in [9.17, 15) is 19.2 Å². The molecule has 36 heavy (non-hydrogen) atoms. The first-order valence-electron chi connectivity index (χ1n) is 10.5. The van der Waals surface area contributed by atoms with Gasteiger partial charge in [-0.15, -0.1) is 22.7 Å². The van der Waals surface area contributed by atoms with Gasteiger partial charge < -0.3 is 0 Å². The number of carbonyl (C=O) groups excluding carboxylic acids is 4. The molecule has 186 valence electrons. The molecule has 2 aliphatic heterocycles. The molecule has 0 aliphatic carbocycles. The summed E-state index contributed by atoms with van der Waals surface area (Å²) in [5.74, 6) is -1.42. The zero-order valence-electron chi connectivity index (χ0n) is 18.4. The fraction of sp³-hybridized carbons (Fsp3) is 0.182. The van der Waals surface area contributed by atoms with E-state index in [1.54, 1.807) is 12.2 Å². The van der Waals surface area contributed by atoms with Crippen molar-refractivity contribution in [2.24, 2.45) is 0 Å². The molecular formula is C22H18N4O4S6. The monoisotopic (exact) mass is 594 g/mol. The van der Waals surface area contributed by atoms with Gasteiger partial charge in [-0.25, -0.2) is 0 Å². The average molecular weight is 595 g/mol. The summed E-state index contributed by atoms with van der Waals surface area (Å²) in [5.41, 5.74) is 4.66. The highest BCUT2D eigenvalue weighted by molar-refractivity contribution is 8.27. The van der Waals surface area contributed by atoms with Crippen molar-refractivity contribution >= 4 is 115 Å². The van der Waals surface area contributed by atoms with E-state index in [-0.39, 0.29) is 37.7 Å². The number of amides is 4. The molecule has 8 nitrogen and oxygen atoms in total. The molecule has 2 aliphatic rings. The molecular weight excluding hydrogens is 577 g/mol. The van der Waals surface area contributed by atoms with Crippen LogP contribution in [0.4, 0.5) is 0 Å². The van der Waals surface area contributed by atoms with Gasteiger partial charge >= 0.3 is 0 Å². The Morgan fingerprint density at radius 2 is 1.19 bits per heavy atom. The normalized spacial score (nSPS) is 18.1. The summed E-state index contributed by atoms with van der Waals surface area (Å²) >= 11 is 16.0. The lowest BCUT2D eigenvalue weighted by Gasteiger charge is -2.15. The van der Waals surface area contributed by atoms with Crippen molar-refractivity contribution in [3.63, 3.8) is 0 Å². The zero-order chi connectivity index (χ0) is 25.7. The first-order valence-corrected chi connectivity index (χ1v) is 14.7. The van der Waals surface area contributed by atoms with Crippen molar-refractivity contribution in [1.82, 2.24) is 20.7 Å². The van der Waals surface area contributed by atoms with E-state index in [0.717, 1.165) is 9.75 Å². The highest BCUT2D eigenvalue weighted by Gasteiger charge is 2.33. The minimum atomic E-state index is -0.468. The van der Waals surface area contributed by atoms with Crippen LogP contribution in [0, 0.1) is 0 Å². The summed E-state index contributed by atoms with van der Waals surface area (Å²) in [7, 11) is 0. The van der Waals surface area contributed by atoms with Gasteiger partial charge in [0.1, 0.15) is 8.64 Å². The summed E-state index contributed by atoms with van der Waals surface area (Å²) in [5, 5.41) is 3.84. The topological polar surface area (TPSA) is 98.8 Å². The maximum atomic E-state index is 12.6. The van der Waals surface area contributed by atoms with Crippen LogP contribution in [0.3, 0.4) is 0 Å². The second-order valence-electron chi connectivity index (χ2n) is 7.29. The number of hydrogen-bond acceptors (Lipinski definition) is 10. The van der Waals surface area contributed by atoms with Crippen LogP contribution in [-0.4, -0.2) is 55.2 Å². The van der Waals surface area contributed by atoms with E-state index < -0.39 is 11.8 Å². The van der Waals surface area contributed by atoms with E-state index in [1.165, 1.54) is 56.0 Å². The lowest BCUT2D eigenvalue weighted by atomic mass is 10.3. The van der Waals surface area contributed by atoms with Crippen LogP contribution in [0.2, 0.25) is 0 Å². The van der Waals surface area contributed by atoms with Crippen molar-refractivity contribution in [3.05, 3.63) is 54.6 Å². The quantitative estimate of drug-likeness (QED) is 0.270. The van der Waals surface area contributed by atoms with E-state index >= 15 is 0 Å². The van der Waals surface area contributed by atoms with Crippen molar-refractivity contribution < 1.29 is 19.2 Å². The lowest BCUT2D eigenvalue weighted by Crippen LogP contribution is -2.44. The average Bonchev–Trinajstić information content (AvgIpc) is 3.63. The van der Waals surface area contributed by atoms with Crippen LogP contribution in [0.25, 0.3) is 12.2 Å². The highest BCUT2D eigenvalue weighted by Crippen LogP contribution is 2.34. The minimum absolute atomic E-state index is 0.0405. The zero-order valence-corrected chi connectivity index (χ0v) is 23.3. The third kappa shape index (κ3) is 6.69. The van der Waals surface area contributed by atoms with Crippen LogP contribution in [-0.2, 0) is 19.2 Å². The molecule has 2 aromatic rings. The Kier molecular flexibility index (Phi) is 9.09. The van der Waals surface area contributed by atoms with Crippen LogP contribution < -0.4 is 10.9 Å². The van der Waals surface area contributed by atoms with E-state index in [4.69, 9.17) is 24.4 Å². The molecule has 2 aromatic heterocycles. The van der Waals surface area contributed by atoms with Crippen LogP contribution >= 0.6 is 70.6 Å². The van der Waals surface area contributed by atoms with Gasteiger partial charge in [-0.2, -0.15) is 0 Å². The first-order chi connectivity index (χ1) is 17.3. The second kappa shape index (κ2) is 12.3. The number of thiophene rings is 2. The molecule has 0 bridgehead atoms. The number of thiocarbonyl (C=S) groups is 2. The SMILES string of the molecule is O=C(CCN1C(=O)/C(=C\c2cccs2)SC1=S)NNC(=O)CCN1C(=O)/C(=C\c2cccs2)SC1=S. The van der Waals surface area contributed by atoms with E-state index in [1.807, 2.05) is 35.0 Å². The summed E-state index contributed by atoms with van der Waals surface area (Å²) in [6, 6.07) is 7.60. The number of nitrogens with zero attached hydrogens (tertiary/aromatic N) is 2. The van der Waals surface area contributed by atoms with Gasteiger partial charge in [0.05, 0.1) is 9.81 Å². The molecule has 2 N–H and O–H groups in total. The Morgan fingerprint density at radius 3 is 1.56 bits per heavy atom. The largest absolute Gasteiger partial charge is 0.292 e. The predicted molar refractivity (Wildman–Crippen MR) is 154 cm³/mol. The summed E-state index contributed by atoms with van der Waals surface area (Å²) in [6.07, 6.45) is 3.48. The Labute approximate surface area is 234 Å². The molecule has 0 unspecified atom stereocenters. The number of rotatable bonds is 8. The molecule has 4 rings (SSSR count). The Balaban J connectivity index is 1.19. The molecule has 4 heterocycles. The molecule has 0 saturated carbocycles. The fourth-order valence-corrected chi connectivity index (χ4v) is 7.14. The van der Waals surface area contributed by atoms with Crippen LogP contribution in [0.1, 0.15) is 22.6 Å². The molecule has 0 radical (unpaired) electrons. The first kappa shape index (κ1) is 26.7. The number of nitrogens with one attached hydrogen (secondary N) is 2. The van der Waals surface area contributed by atoms with E-state index in [2.05, 4.69) is 10.9 Å². The summed E-state index contributed by atoms with van der Waals surface area (Å²) in [4.78, 5) is 55.2. The predicted octanol–water partition coefficient (Wildman–Crippen LogP) is 3.84. The number of thioether (sulfide) groups is 2. The Hall–Kier alpha value is -2.36. The fourth-order valence-electron chi connectivity index (χ4n) is 3.08. The number of carbonyl (C=O) groups is 4. The van der Waals surface area contributed by atoms with Crippen molar-refractivity contribution in [2.75, 3.05) is 13.1 Å². The maximum absolute atomic E-state index is 12.6. The molecule has 0 aromatic carbocycles. The molecule has 0 spiro atoms. The van der Waals surface area contributed by atoms with Gasteiger partial charge in [0.2, 0.25) is 11.8 Å². The van der Waals surface area contributed by atoms with Gasteiger partial charge in [0.25, 0.3) is 11.8 Å². The van der Waals surface area contributed by atoms with E-state index in [0.29, 0.717) is 18.5 Å². The summed E-state index contributed by atoms with van der Waals surface area (Å²) in [6.45, 7) is 0.197. The Bertz CT molecular complexity index is 1170. The maximum Gasteiger partial charge on any atom is 0.266 e. The standard InChI is InChI=1S/C22H18N4O4S6/c27-17(5-7-25-19(29)15(35-21(25)31)11-13-3-1-9-33-13)23-24-18(28)6-8-26-20(30)16(36-22(26)32)12-14-4-2-10-34-14/h1-4,9-12H,5-8H2,(H,23,27)(H,24,28)/b15-11+,16-12+. The Morgan fingerprint density at radius 1 is 0.778 bits per heavy atom. The smallest absolute Gasteiger partial charge is 0.266 e. The van der Waals surface area contributed by atoms with Crippen LogP contribution in [0.15, 0.2) is 44.8 Å². The van der Waals surface area contributed by atoms with Gasteiger partial charge in [0, 0.05) is 35.7 Å². The molecule has 4 amide bonds. The third-order valence-corrected chi connectivity index (χ3v) is 9.24. The van der Waals surface area contributed by atoms with Crippen molar-refractivity contribution in [3.8, 4) is 0 Å². The third-order valence-electron chi connectivity index (χ3n) is 4.85. The van der Waals surface area contributed by atoms with Crippen molar-refractivity contribution in [2.45, 2.75) is 12.8 Å². The highest BCUT2D eigenvalue weighted by atomic mass is 32.2. The number of hydrazine groups is 1. The van der Waals surface area contributed by atoms with Crippen molar-refractivity contribution in [1.29, 1.82) is 0 Å². The molecule has 0 atom stereocenters. The van der Waals surface area contributed by atoms with Gasteiger partial charge in [0.15, 0.2) is 0 Å². The van der Waals surface area contributed by atoms with Gasteiger partial charge in [-0.1, -0.05) is 60.1 Å². The second-order valence-corrected chi connectivity index (χ2v) is 12.6. The van der Waals surface area contributed by atoms with Gasteiger partial charge in [-0.3, -0.25) is 39.8 Å². The lowest BCUT2D eigenvalue weighted by molar-refractivity contribution is -0.130. The van der Waals surface area contributed by atoms with Crippen LogP contribution in [0.5, 0.6) is 0 Å².